The van der Waals surface area contributed by atoms with Crippen LogP contribution < -0.4 is 10.1 Å². The van der Waals surface area contributed by atoms with Gasteiger partial charge in [-0.25, -0.2) is 9.78 Å². The van der Waals surface area contributed by atoms with Crippen LogP contribution in [-0.2, 0) is 14.3 Å². The number of nitrogens with zero attached hydrogens (tertiary/aromatic N) is 1. The normalized spacial score (nSPS) is 11.4. The lowest BCUT2D eigenvalue weighted by Crippen LogP contribution is -2.34. The van der Waals surface area contributed by atoms with E-state index in [1.165, 1.54) is 13.3 Å². The van der Waals surface area contributed by atoms with E-state index in [2.05, 4.69) is 10.3 Å². The number of esters is 1. The molecule has 132 valence electrons. The van der Waals surface area contributed by atoms with Crippen molar-refractivity contribution >= 4 is 11.9 Å². The molecule has 0 aliphatic rings. The Bertz CT molecular complexity index is 706. The number of pyridine rings is 1. The lowest BCUT2D eigenvalue weighted by atomic mass is 10.1. The molecule has 2 aromatic rings. The molecular formula is C18H20N2O5. The molecule has 0 unspecified atom stereocenters. The van der Waals surface area contributed by atoms with Crippen molar-refractivity contribution in [2.24, 2.45) is 0 Å². The Labute approximate surface area is 145 Å². The first kappa shape index (κ1) is 18.4. The summed E-state index contributed by atoms with van der Waals surface area (Å²) in [5.74, 6) is -0.876. The molecule has 1 aromatic carbocycles. The van der Waals surface area contributed by atoms with Gasteiger partial charge >= 0.3 is 5.97 Å². The fourth-order valence-corrected chi connectivity index (χ4v) is 2.15. The van der Waals surface area contributed by atoms with E-state index in [1.807, 2.05) is 6.07 Å². The minimum absolute atomic E-state index is 0.175. The Hall–Kier alpha value is -2.93. The van der Waals surface area contributed by atoms with E-state index in [0.717, 1.165) is 0 Å². The molecule has 0 saturated heterocycles. The van der Waals surface area contributed by atoms with Gasteiger partial charge in [0.15, 0.2) is 6.04 Å². The van der Waals surface area contributed by atoms with Crippen molar-refractivity contribution in [2.45, 2.75) is 6.04 Å². The number of hydrogen-bond donors (Lipinski definition) is 1. The van der Waals surface area contributed by atoms with E-state index < -0.39 is 17.9 Å². The van der Waals surface area contributed by atoms with Crippen molar-refractivity contribution in [3.63, 3.8) is 0 Å². The molecule has 2 rings (SSSR count). The van der Waals surface area contributed by atoms with Crippen LogP contribution in [0.4, 0.5) is 0 Å². The van der Waals surface area contributed by atoms with E-state index in [4.69, 9.17) is 14.2 Å². The van der Waals surface area contributed by atoms with Gasteiger partial charge in [-0.15, -0.1) is 0 Å². The number of carbonyl (C=O) groups is 2. The summed E-state index contributed by atoms with van der Waals surface area (Å²) in [7, 11) is 2.82. The second kappa shape index (κ2) is 9.39. The fourth-order valence-electron chi connectivity index (χ4n) is 2.15. The maximum absolute atomic E-state index is 12.6. The third-order valence-electron chi connectivity index (χ3n) is 3.39. The number of benzene rings is 1. The SMILES string of the molecule is COCCOc1ncccc1C(=O)N[C@@H](C(=O)OC)c1ccccc1. The summed E-state index contributed by atoms with van der Waals surface area (Å²) >= 11 is 0. The number of methoxy groups -OCH3 is 2. The lowest BCUT2D eigenvalue weighted by Gasteiger charge is -2.17. The molecule has 1 atom stereocenters. The summed E-state index contributed by atoms with van der Waals surface area (Å²) in [5, 5.41) is 2.67. The molecule has 0 spiro atoms. The van der Waals surface area contributed by atoms with Crippen LogP contribution in [-0.4, -0.2) is 44.3 Å². The maximum atomic E-state index is 12.6. The van der Waals surface area contributed by atoms with Gasteiger partial charge in [0.1, 0.15) is 12.2 Å². The van der Waals surface area contributed by atoms with Gasteiger partial charge < -0.3 is 19.5 Å². The van der Waals surface area contributed by atoms with Crippen LogP contribution in [0.5, 0.6) is 5.88 Å². The first-order valence-corrected chi connectivity index (χ1v) is 7.67. The van der Waals surface area contributed by atoms with Crippen LogP contribution in [0.1, 0.15) is 22.0 Å². The molecule has 0 saturated carbocycles. The van der Waals surface area contributed by atoms with E-state index in [1.54, 1.807) is 43.5 Å². The highest BCUT2D eigenvalue weighted by molar-refractivity contribution is 5.98. The Morgan fingerprint density at radius 2 is 1.84 bits per heavy atom. The molecule has 0 bridgehead atoms. The van der Waals surface area contributed by atoms with Gasteiger partial charge in [-0.3, -0.25) is 4.79 Å². The number of aromatic nitrogens is 1. The van der Waals surface area contributed by atoms with Gasteiger partial charge in [0, 0.05) is 13.3 Å². The molecular weight excluding hydrogens is 324 g/mol. The van der Waals surface area contributed by atoms with Gasteiger partial charge in [0.2, 0.25) is 5.88 Å². The largest absolute Gasteiger partial charge is 0.475 e. The quantitative estimate of drug-likeness (QED) is 0.580. The Morgan fingerprint density at radius 3 is 2.52 bits per heavy atom. The number of hydrogen-bond acceptors (Lipinski definition) is 6. The highest BCUT2D eigenvalue weighted by Crippen LogP contribution is 2.18. The summed E-state index contributed by atoms with van der Waals surface area (Å²) in [6, 6.07) is 11.1. The van der Waals surface area contributed by atoms with Crippen LogP contribution in [0, 0.1) is 0 Å². The molecule has 0 fully saturated rings. The number of nitrogens with one attached hydrogen (secondary N) is 1. The second-order valence-electron chi connectivity index (χ2n) is 5.04. The summed E-state index contributed by atoms with van der Waals surface area (Å²) in [6.45, 7) is 0.624. The van der Waals surface area contributed by atoms with Gasteiger partial charge in [-0.1, -0.05) is 30.3 Å². The van der Waals surface area contributed by atoms with E-state index in [0.29, 0.717) is 12.2 Å². The van der Waals surface area contributed by atoms with Crippen LogP contribution >= 0.6 is 0 Å². The molecule has 7 heteroatoms. The van der Waals surface area contributed by atoms with Crippen LogP contribution in [0.15, 0.2) is 48.7 Å². The summed E-state index contributed by atoms with van der Waals surface area (Å²) in [6.07, 6.45) is 1.52. The zero-order valence-corrected chi connectivity index (χ0v) is 14.1. The number of carbonyl (C=O) groups excluding carboxylic acids is 2. The number of ether oxygens (including phenoxy) is 3. The van der Waals surface area contributed by atoms with Gasteiger partial charge in [0.25, 0.3) is 5.91 Å². The molecule has 1 N–H and O–H groups in total. The van der Waals surface area contributed by atoms with Crippen molar-refractivity contribution in [3.05, 3.63) is 59.8 Å². The highest BCUT2D eigenvalue weighted by Gasteiger charge is 2.25. The molecule has 0 radical (unpaired) electrons. The number of amides is 1. The molecule has 1 aromatic heterocycles. The molecule has 0 aliphatic heterocycles. The third-order valence-corrected chi connectivity index (χ3v) is 3.39. The molecule has 1 amide bonds. The maximum Gasteiger partial charge on any atom is 0.333 e. The topological polar surface area (TPSA) is 86.8 Å². The van der Waals surface area contributed by atoms with Gasteiger partial charge in [-0.2, -0.15) is 0 Å². The third kappa shape index (κ3) is 5.02. The average Bonchev–Trinajstić information content (AvgIpc) is 2.66. The molecule has 1 heterocycles. The summed E-state index contributed by atoms with van der Waals surface area (Å²) < 4.78 is 15.2. The first-order valence-electron chi connectivity index (χ1n) is 7.67. The number of rotatable bonds is 8. The van der Waals surface area contributed by atoms with Crippen LogP contribution in [0.25, 0.3) is 0 Å². The molecule has 7 nitrogen and oxygen atoms in total. The van der Waals surface area contributed by atoms with Gasteiger partial charge in [0.05, 0.1) is 13.7 Å². The predicted octanol–water partition coefficient (Wildman–Crippen LogP) is 1.75. The Morgan fingerprint density at radius 1 is 1.08 bits per heavy atom. The smallest absolute Gasteiger partial charge is 0.333 e. The van der Waals surface area contributed by atoms with Crippen molar-refractivity contribution in [3.8, 4) is 5.88 Å². The summed E-state index contributed by atoms with van der Waals surface area (Å²) in [5.41, 5.74) is 0.844. The Balaban J connectivity index is 2.20. The van der Waals surface area contributed by atoms with E-state index in [-0.39, 0.29) is 18.1 Å². The average molecular weight is 344 g/mol. The summed E-state index contributed by atoms with van der Waals surface area (Å²) in [4.78, 5) is 28.8. The fraction of sp³-hybridized carbons (Fsp3) is 0.278. The monoisotopic (exact) mass is 344 g/mol. The zero-order valence-electron chi connectivity index (χ0n) is 14.1. The van der Waals surface area contributed by atoms with Gasteiger partial charge in [-0.05, 0) is 17.7 Å². The van der Waals surface area contributed by atoms with Crippen LogP contribution in [0.3, 0.4) is 0 Å². The van der Waals surface area contributed by atoms with Crippen LogP contribution in [0.2, 0.25) is 0 Å². The van der Waals surface area contributed by atoms with Crippen molar-refractivity contribution in [1.29, 1.82) is 0 Å². The predicted molar refractivity (Wildman–Crippen MR) is 90.3 cm³/mol. The zero-order chi connectivity index (χ0) is 18.1. The lowest BCUT2D eigenvalue weighted by molar-refractivity contribution is -0.143. The van der Waals surface area contributed by atoms with E-state index >= 15 is 0 Å². The first-order chi connectivity index (χ1) is 12.2. The Kier molecular flexibility index (Phi) is 6.91. The van der Waals surface area contributed by atoms with E-state index in [9.17, 15) is 9.59 Å². The minimum atomic E-state index is -0.925. The standard InChI is InChI=1S/C18H20N2O5/c1-23-11-12-25-17-14(9-6-10-19-17)16(21)20-15(18(22)24-2)13-7-4-3-5-8-13/h3-10,15H,11-12H2,1-2H3,(H,20,21)/t15-/m1/s1. The second-order valence-corrected chi connectivity index (χ2v) is 5.04. The molecule has 0 aliphatic carbocycles. The highest BCUT2D eigenvalue weighted by atomic mass is 16.5. The van der Waals surface area contributed by atoms with Crippen molar-refractivity contribution < 1.29 is 23.8 Å². The van der Waals surface area contributed by atoms with Crippen molar-refractivity contribution in [2.75, 3.05) is 27.4 Å². The minimum Gasteiger partial charge on any atom is -0.475 e. The van der Waals surface area contributed by atoms with Crippen molar-refractivity contribution in [1.82, 2.24) is 10.3 Å². The molecule has 25 heavy (non-hydrogen) atoms.